The number of allylic oxidation sites excluding steroid dienone is 2. The maximum absolute atomic E-state index is 3.53. The molecule has 0 radical (unpaired) electrons. The van der Waals surface area contributed by atoms with E-state index in [9.17, 15) is 0 Å². The molecule has 20 heavy (non-hydrogen) atoms. The van der Waals surface area contributed by atoms with Crippen LogP contribution in [-0.4, -0.2) is 36.5 Å². The fraction of sp³-hybridized carbons (Fsp3) is 0.750. The van der Waals surface area contributed by atoms with Crippen molar-refractivity contribution in [3.8, 4) is 0 Å². The Morgan fingerprint density at radius 2 is 0.900 bits per heavy atom. The van der Waals surface area contributed by atoms with Gasteiger partial charge in [0.25, 0.3) is 0 Å². The van der Waals surface area contributed by atoms with Gasteiger partial charge in [-0.3, -0.25) is 0 Å². The van der Waals surface area contributed by atoms with Crippen LogP contribution in [0, 0.1) is 0 Å². The monoisotopic (exact) mass is 360 g/mol. The third kappa shape index (κ3) is 253. The predicted molar refractivity (Wildman–Crippen MR) is 119 cm³/mol. The minimum atomic E-state index is 1.31. The number of hydrogen-bond acceptors (Lipinski definition) is 4. The number of thiol groups is 2. The van der Waals surface area contributed by atoms with Crippen LogP contribution in [-0.2, 0) is 0 Å². The molecule has 0 aromatic carbocycles. The third-order valence-corrected chi connectivity index (χ3v) is 2.45. The lowest BCUT2D eigenvalue weighted by Crippen LogP contribution is -1.64. The van der Waals surface area contributed by atoms with E-state index in [1.54, 1.807) is 24.7 Å². The Labute approximate surface area is 150 Å². The number of hydrogen-bond donors (Lipinski definition) is 2. The lowest BCUT2D eigenvalue weighted by atomic mass is 10.6. The van der Waals surface area contributed by atoms with E-state index in [-0.39, 0.29) is 0 Å². The SMILES string of the molecule is C=CC.C=CC.CCCSC.CCCSC.CS.CS. The molecule has 0 atom stereocenters. The average molecular weight is 361 g/mol. The number of rotatable bonds is 4. The summed E-state index contributed by atoms with van der Waals surface area (Å²) in [5, 5.41) is 0. The Bertz CT molecular complexity index is 80.5. The van der Waals surface area contributed by atoms with Gasteiger partial charge in [0.15, 0.2) is 0 Å². The predicted octanol–water partition coefficient (Wildman–Crippen LogP) is 7.00. The van der Waals surface area contributed by atoms with Crippen molar-refractivity contribution in [2.75, 3.05) is 36.5 Å². The molecule has 0 unspecified atom stereocenters. The summed E-state index contributed by atoms with van der Waals surface area (Å²) in [6, 6.07) is 0. The van der Waals surface area contributed by atoms with E-state index in [0.717, 1.165) is 0 Å². The molecule has 0 rings (SSSR count). The first-order chi connectivity index (χ1) is 9.66. The molecule has 0 aliphatic rings. The van der Waals surface area contributed by atoms with Gasteiger partial charge >= 0.3 is 0 Å². The van der Waals surface area contributed by atoms with Gasteiger partial charge < -0.3 is 0 Å². The van der Waals surface area contributed by atoms with Crippen LogP contribution in [0.1, 0.15) is 40.5 Å². The zero-order chi connectivity index (χ0) is 17.7. The van der Waals surface area contributed by atoms with E-state index in [1.165, 1.54) is 24.3 Å². The second-order valence-corrected chi connectivity index (χ2v) is 4.77. The van der Waals surface area contributed by atoms with E-state index in [4.69, 9.17) is 0 Å². The van der Waals surface area contributed by atoms with Crippen molar-refractivity contribution in [2.45, 2.75) is 40.5 Å². The van der Waals surface area contributed by atoms with Gasteiger partial charge in [0, 0.05) is 0 Å². The maximum Gasteiger partial charge on any atom is -0.00729 e. The molecule has 0 amide bonds. The van der Waals surface area contributed by atoms with Gasteiger partial charge in [-0.15, -0.1) is 13.2 Å². The van der Waals surface area contributed by atoms with Gasteiger partial charge in [0.2, 0.25) is 0 Å². The quantitative estimate of drug-likeness (QED) is 0.409. The summed E-state index contributed by atoms with van der Waals surface area (Å²) in [4.78, 5) is 0. The molecule has 0 aliphatic heterocycles. The average Bonchev–Trinajstić information content (AvgIpc) is 2.47. The standard InChI is InChI=1S/2C4H10S.2C3H6.2CH4S/c2*1-3-4-5-2;2*1-3-2;2*1-2/h2*3-4H2,1-2H3;2*3H,1H2,2H3;2*2H,1H3. The zero-order valence-electron chi connectivity index (χ0n) is 15.1. The van der Waals surface area contributed by atoms with E-state index in [0.29, 0.717) is 0 Å². The molecule has 0 saturated heterocycles. The molecule has 0 nitrogen and oxygen atoms in total. The Hall–Kier alpha value is 0.880. The Balaban J connectivity index is -0.0000000308. The van der Waals surface area contributed by atoms with Gasteiger partial charge in [-0.1, -0.05) is 26.0 Å². The maximum atomic E-state index is 3.53. The Kier molecular flexibility index (Phi) is 167. The first kappa shape index (κ1) is 37.3. The Morgan fingerprint density at radius 1 is 0.750 bits per heavy atom. The summed E-state index contributed by atoms with van der Waals surface area (Å²) >= 11 is 10.9. The van der Waals surface area contributed by atoms with Crippen LogP contribution in [0.5, 0.6) is 0 Å². The molecule has 0 spiro atoms. The second kappa shape index (κ2) is 89.9. The molecule has 0 fully saturated rings. The molecule has 128 valence electrons. The second-order valence-electron chi connectivity index (χ2n) is 2.80. The van der Waals surface area contributed by atoms with Crippen molar-refractivity contribution in [3.05, 3.63) is 25.3 Å². The normalized spacial score (nSPS) is 6.10. The highest BCUT2D eigenvalue weighted by Crippen LogP contribution is 1.91. The minimum absolute atomic E-state index is 1.31. The highest BCUT2D eigenvalue weighted by molar-refractivity contribution is 7.98. The summed E-state index contributed by atoms with van der Waals surface area (Å²) in [7, 11) is 0. The van der Waals surface area contributed by atoms with Crippen molar-refractivity contribution in [1.82, 2.24) is 0 Å². The lowest BCUT2D eigenvalue weighted by Gasteiger charge is -1.80. The number of thioether (sulfide) groups is 2. The van der Waals surface area contributed by atoms with Crippen LogP contribution in [0.15, 0.2) is 25.3 Å². The van der Waals surface area contributed by atoms with Crippen molar-refractivity contribution >= 4 is 48.8 Å². The van der Waals surface area contributed by atoms with Crippen molar-refractivity contribution in [1.29, 1.82) is 0 Å². The van der Waals surface area contributed by atoms with Crippen LogP contribution in [0.2, 0.25) is 0 Å². The largest absolute Gasteiger partial charge is 0.183 e. The molecule has 0 aromatic rings. The molecule has 0 saturated carbocycles. The molecule has 4 heteroatoms. The van der Waals surface area contributed by atoms with Crippen LogP contribution < -0.4 is 0 Å². The summed E-state index contributed by atoms with van der Waals surface area (Å²) in [5.41, 5.74) is 0. The van der Waals surface area contributed by atoms with Crippen LogP contribution >= 0.6 is 48.8 Å². The van der Waals surface area contributed by atoms with Gasteiger partial charge in [0.1, 0.15) is 0 Å². The lowest BCUT2D eigenvalue weighted by molar-refractivity contribution is 1.11. The van der Waals surface area contributed by atoms with E-state index < -0.39 is 0 Å². The van der Waals surface area contributed by atoms with Gasteiger partial charge in [0.05, 0.1) is 0 Å². The third-order valence-electron chi connectivity index (χ3n) is 0.816. The summed E-state index contributed by atoms with van der Waals surface area (Å²) in [5.74, 6) is 2.61. The van der Waals surface area contributed by atoms with Crippen molar-refractivity contribution in [2.24, 2.45) is 0 Å². The van der Waals surface area contributed by atoms with E-state index >= 15 is 0 Å². The van der Waals surface area contributed by atoms with Gasteiger partial charge in [-0.2, -0.15) is 48.8 Å². The topological polar surface area (TPSA) is 0 Å². The van der Waals surface area contributed by atoms with E-state index in [1.807, 2.05) is 37.4 Å². The van der Waals surface area contributed by atoms with Gasteiger partial charge in [-0.05, 0) is 63.2 Å². The molecule has 0 heterocycles. The fourth-order valence-corrected chi connectivity index (χ4v) is 1.22. The summed E-state index contributed by atoms with van der Waals surface area (Å²) in [6.45, 7) is 14.9. The molecular formula is C16H40S4. The van der Waals surface area contributed by atoms with Crippen LogP contribution in [0.25, 0.3) is 0 Å². The zero-order valence-corrected chi connectivity index (χ0v) is 18.5. The summed E-state index contributed by atoms with van der Waals surface area (Å²) in [6.07, 6.45) is 13.8. The molecular weight excluding hydrogens is 320 g/mol. The van der Waals surface area contributed by atoms with E-state index in [2.05, 4.69) is 64.8 Å². The molecule has 0 N–H and O–H groups in total. The van der Waals surface area contributed by atoms with Gasteiger partial charge in [-0.25, -0.2) is 0 Å². The highest BCUT2D eigenvalue weighted by atomic mass is 32.2. The van der Waals surface area contributed by atoms with Crippen LogP contribution in [0.4, 0.5) is 0 Å². The highest BCUT2D eigenvalue weighted by Gasteiger charge is 1.68. The van der Waals surface area contributed by atoms with Crippen molar-refractivity contribution in [3.63, 3.8) is 0 Å². The minimum Gasteiger partial charge on any atom is -0.183 e. The smallest absolute Gasteiger partial charge is 0.00729 e. The van der Waals surface area contributed by atoms with Crippen LogP contribution in [0.3, 0.4) is 0 Å². The first-order valence-corrected chi connectivity index (χ1v) is 11.3. The Morgan fingerprint density at radius 3 is 0.900 bits per heavy atom. The fourth-order valence-electron chi connectivity index (χ4n) is 0.408. The molecule has 0 aromatic heterocycles. The first-order valence-electron chi connectivity index (χ1n) is 6.67. The molecule has 0 bridgehead atoms. The summed E-state index contributed by atoms with van der Waals surface area (Å²) < 4.78 is 0. The van der Waals surface area contributed by atoms with Crippen molar-refractivity contribution < 1.29 is 0 Å². The molecule has 0 aliphatic carbocycles.